The molecule has 0 aromatic carbocycles. The Kier molecular flexibility index (Phi) is 9.07. The number of carbonyl (C=O) groups is 1. The van der Waals surface area contributed by atoms with Crippen LogP contribution in [0.2, 0.25) is 0 Å². The Morgan fingerprint density at radius 3 is 2.55 bits per heavy atom. The molecule has 2 rings (SSSR count). The molecule has 0 bridgehead atoms. The summed E-state index contributed by atoms with van der Waals surface area (Å²) in [7, 11) is 1.97. The van der Waals surface area contributed by atoms with Gasteiger partial charge in [-0.05, 0) is 44.9 Å². The molecule has 2 aliphatic rings. The van der Waals surface area contributed by atoms with Crippen molar-refractivity contribution in [1.29, 1.82) is 0 Å². The van der Waals surface area contributed by atoms with E-state index in [1.54, 1.807) is 0 Å². The SMILES string of the molecule is CCN1CCCC1CN(C)C(=O)C(C)C1CNC1.Cl.Cl. The second-order valence-electron chi connectivity index (χ2n) is 5.85. The van der Waals surface area contributed by atoms with E-state index >= 15 is 0 Å². The van der Waals surface area contributed by atoms with Crippen LogP contribution in [0.4, 0.5) is 0 Å². The van der Waals surface area contributed by atoms with Gasteiger partial charge >= 0.3 is 0 Å². The second-order valence-corrected chi connectivity index (χ2v) is 5.85. The summed E-state index contributed by atoms with van der Waals surface area (Å²) in [5, 5.41) is 3.25. The molecule has 4 nitrogen and oxygen atoms in total. The molecule has 20 heavy (non-hydrogen) atoms. The van der Waals surface area contributed by atoms with Crippen molar-refractivity contribution in [3.05, 3.63) is 0 Å². The van der Waals surface area contributed by atoms with E-state index in [0.29, 0.717) is 17.9 Å². The van der Waals surface area contributed by atoms with Gasteiger partial charge in [0.1, 0.15) is 0 Å². The number of halogens is 2. The number of carbonyl (C=O) groups excluding carboxylic acids is 1. The van der Waals surface area contributed by atoms with Gasteiger partial charge in [0.05, 0.1) is 0 Å². The van der Waals surface area contributed by atoms with Gasteiger partial charge in [-0.25, -0.2) is 0 Å². The molecule has 6 heteroatoms. The topological polar surface area (TPSA) is 35.6 Å². The van der Waals surface area contributed by atoms with E-state index in [0.717, 1.165) is 26.2 Å². The van der Waals surface area contributed by atoms with Crippen LogP contribution in [0.1, 0.15) is 26.7 Å². The predicted octanol–water partition coefficient (Wildman–Crippen LogP) is 1.63. The zero-order valence-corrected chi connectivity index (χ0v) is 14.4. The fourth-order valence-electron chi connectivity index (χ4n) is 3.14. The third-order valence-electron chi connectivity index (χ3n) is 4.68. The maximum absolute atomic E-state index is 12.3. The Bertz CT molecular complexity index is 300. The van der Waals surface area contributed by atoms with Crippen molar-refractivity contribution in [1.82, 2.24) is 15.1 Å². The van der Waals surface area contributed by atoms with Crippen molar-refractivity contribution in [2.45, 2.75) is 32.7 Å². The smallest absolute Gasteiger partial charge is 0.225 e. The quantitative estimate of drug-likeness (QED) is 0.834. The maximum atomic E-state index is 12.3. The number of nitrogens with zero attached hydrogens (tertiary/aromatic N) is 2. The summed E-state index contributed by atoms with van der Waals surface area (Å²) in [5.41, 5.74) is 0. The normalized spacial score (nSPS) is 24.2. The van der Waals surface area contributed by atoms with Gasteiger partial charge in [-0.15, -0.1) is 24.8 Å². The number of rotatable bonds is 5. The lowest BCUT2D eigenvalue weighted by Gasteiger charge is -2.35. The van der Waals surface area contributed by atoms with Crippen LogP contribution in [0.25, 0.3) is 0 Å². The minimum absolute atomic E-state index is 0. The molecule has 2 atom stereocenters. The van der Waals surface area contributed by atoms with Crippen LogP contribution in [0.5, 0.6) is 0 Å². The number of likely N-dealkylation sites (N-methyl/N-ethyl adjacent to an activating group) is 2. The van der Waals surface area contributed by atoms with Gasteiger partial charge in [-0.1, -0.05) is 13.8 Å². The van der Waals surface area contributed by atoms with Gasteiger partial charge in [-0.3, -0.25) is 9.69 Å². The molecule has 0 radical (unpaired) electrons. The van der Waals surface area contributed by atoms with Crippen LogP contribution >= 0.6 is 24.8 Å². The molecule has 0 aromatic heterocycles. The second kappa shape index (κ2) is 9.08. The van der Waals surface area contributed by atoms with Crippen LogP contribution in [0.3, 0.4) is 0 Å². The molecule has 2 fully saturated rings. The summed E-state index contributed by atoms with van der Waals surface area (Å²) in [5.74, 6) is 1.04. The fraction of sp³-hybridized carbons (Fsp3) is 0.929. The van der Waals surface area contributed by atoms with Crippen LogP contribution in [-0.2, 0) is 4.79 Å². The molecule has 120 valence electrons. The van der Waals surface area contributed by atoms with Gasteiger partial charge in [0.25, 0.3) is 0 Å². The van der Waals surface area contributed by atoms with Crippen molar-refractivity contribution in [2.75, 3.05) is 39.8 Å². The molecule has 2 saturated heterocycles. The highest BCUT2D eigenvalue weighted by Gasteiger charge is 2.32. The van der Waals surface area contributed by atoms with Crippen LogP contribution in [0, 0.1) is 11.8 Å². The summed E-state index contributed by atoms with van der Waals surface area (Å²) in [6, 6.07) is 0.579. The fourth-order valence-corrected chi connectivity index (χ4v) is 3.14. The summed E-state index contributed by atoms with van der Waals surface area (Å²) in [6.07, 6.45) is 2.52. The average Bonchev–Trinajstić information content (AvgIpc) is 2.72. The number of amides is 1. The minimum Gasteiger partial charge on any atom is -0.344 e. The highest BCUT2D eigenvalue weighted by Crippen LogP contribution is 2.21. The van der Waals surface area contributed by atoms with Gasteiger partial charge in [0.15, 0.2) is 0 Å². The van der Waals surface area contributed by atoms with Crippen molar-refractivity contribution in [2.24, 2.45) is 11.8 Å². The van der Waals surface area contributed by atoms with E-state index in [9.17, 15) is 4.79 Å². The lowest BCUT2D eigenvalue weighted by Crippen LogP contribution is -2.51. The summed E-state index contributed by atoms with van der Waals surface area (Å²) in [6.45, 7) is 9.51. The van der Waals surface area contributed by atoms with Gasteiger partial charge in [0, 0.05) is 25.6 Å². The molecule has 0 aliphatic carbocycles. The van der Waals surface area contributed by atoms with E-state index in [1.165, 1.54) is 19.4 Å². The molecular weight excluding hydrogens is 297 g/mol. The third-order valence-corrected chi connectivity index (χ3v) is 4.68. The number of hydrogen-bond donors (Lipinski definition) is 1. The molecule has 0 saturated carbocycles. The summed E-state index contributed by atoms with van der Waals surface area (Å²) >= 11 is 0. The molecule has 2 unspecified atom stereocenters. The molecule has 2 aliphatic heterocycles. The van der Waals surface area contributed by atoms with Crippen LogP contribution < -0.4 is 5.32 Å². The van der Waals surface area contributed by atoms with Gasteiger partial charge < -0.3 is 10.2 Å². The van der Waals surface area contributed by atoms with E-state index < -0.39 is 0 Å². The van der Waals surface area contributed by atoms with E-state index in [4.69, 9.17) is 0 Å². The summed E-state index contributed by atoms with van der Waals surface area (Å²) < 4.78 is 0. The maximum Gasteiger partial charge on any atom is 0.225 e. The van der Waals surface area contributed by atoms with E-state index in [1.807, 2.05) is 11.9 Å². The average molecular weight is 326 g/mol. The first kappa shape index (κ1) is 20.0. The zero-order chi connectivity index (χ0) is 13.1. The predicted molar refractivity (Wildman–Crippen MR) is 87.9 cm³/mol. The Morgan fingerprint density at radius 2 is 2.05 bits per heavy atom. The van der Waals surface area contributed by atoms with Crippen molar-refractivity contribution in [3.63, 3.8) is 0 Å². The van der Waals surface area contributed by atoms with Crippen LogP contribution in [0.15, 0.2) is 0 Å². The van der Waals surface area contributed by atoms with Crippen LogP contribution in [-0.4, -0.2) is 61.5 Å². The first-order valence-electron chi connectivity index (χ1n) is 7.33. The third kappa shape index (κ3) is 4.48. The Balaban J connectivity index is 0.00000180. The molecule has 1 amide bonds. The van der Waals surface area contributed by atoms with Crippen molar-refractivity contribution in [3.8, 4) is 0 Å². The first-order chi connectivity index (χ1) is 8.63. The first-order valence-corrected chi connectivity index (χ1v) is 7.33. The van der Waals surface area contributed by atoms with E-state index in [2.05, 4.69) is 24.1 Å². The van der Waals surface area contributed by atoms with E-state index in [-0.39, 0.29) is 30.7 Å². The molecule has 0 aromatic rings. The Labute approximate surface area is 135 Å². The Hall–Kier alpha value is -0.0300. The lowest BCUT2D eigenvalue weighted by molar-refractivity contribution is -0.136. The van der Waals surface area contributed by atoms with Crippen molar-refractivity contribution < 1.29 is 4.79 Å². The summed E-state index contributed by atoms with van der Waals surface area (Å²) in [4.78, 5) is 16.8. The largest absolute Gasteiger partial charge is 0.344 e. The highest BCUT2D eigenvalue weighted by molar-refractivity contribution is 5.85. The lowest BCUT2D eigenvalue weighted by atomic mass is 9.88. The van der Waals surface area contributed by atoms with Gasteiger partial charge in [0.2, 0.25) is 5.91 Å². The van der Waals surface area contributed by atoms with Crippen molar-refractivity contribution >= 4 is 30.7 Å². The molecular formula is C14H29Cl2N3O. The number of nitrogens with one attached hydrogen (secondary N) is 1. The zero-order valence-electron chi connectivity index (χ0n) is 12.8. The monoisotopic (exact) mass is 325 g/mol. The standard InChI is InChI=1S/C14H27N3O.2ClH/c1-4-17-7-5-6-13(17)10-16(3)14(18)11(2)12-8-15-9-12;;/h11-13,15H,4-10H2,1-3H3;2*1H. The molecule has 1 N–H and O–H groups in total. The highest BCUT2D eigenvalue weighted by atomic mass is 35.5. The number of likely N-dealkylation sites (tertiary alicyclic amines) is 1. The minimum atomic E-state index is 0. The van der Waals surface area contributed by atoms with Gasteiger partial charge in [-0.2, -0.15) is 0 Å². The molecule has 0 spiro atoms. The molecule has 2 heterocycles. The number of hydrogen-bond acceptors (Lipinski definition) is 3. The Morgan fingerprint density at radius 1 is 1.40 bits per heavy atom.